The highest BCUT2D eigenvalue weighted by molar-refractivity contribution is 8.13. The molecular formula is C17H12F7O4S2-. The van der Waals surface area contributed by atoms with Crippen LogP contribution in [0.4, 0.5) is 30.7 Å². The number of halogens is 7. The lowest BCUT2D eigenvalue weighted by molar-refractivity contribution is -0.0429. The molecular weight excluding hydrogens is 465 g/mol. The van der Waals surface area contributed by atoms with Crippen LogP contribution < -0.4 is 0 Å². The molecule has 0 heterocycles. The number of fused-ring (bicyclic) bond motifs is 1. The Labute approximate surface area is 166 Å². The zero-order valence-corrected chi connectivity index (χ0v) is 16.2. The van der Waals surface area contributed by atoms with Crippen LogP contribution in [0.1, 0.15) is 5.56 Å². The number of alkyl halides is 7. The van der Waals surface area contributed by atoms with Crippen molar-refractivity contribution in [1.29, 1.82) is 0 Å². The number of sulfone groups is 2. The molecule has 2 aromatic carbocycles. The SMILES string of the molecule is O=S(=O)([C-](c1ccc2ccccc2c1)S(=O)(=O)C(F)(F)F)C1C(F)C(F)C(F)C1F. The smallest absolute Gasteiger partial charge is 0.243 e. The molecule has 1 aliphatic carbocycles. The highest BCUT2D eigenvalue weighted by atomic mass is 32.3. The van der Waals surface area contributed by atoms with Gasteiger partial charge in [0.05, 0.1) is 4.58 Å². The summed E-state index contributed by atoms with van der Waals surface area (Å²) in [5.74, 6) is 0. The fourth-order valence-electron chi connectivity index (χ4n) is 3.25. The number of benzene rings is 2. The van der Waals surface area contributed by atoms with E-state index in [1.807, 2.05) is 0 Å². The molecule has 0 bridgehead atoms. The second kappa shape index (κ2) is 7.29. The van der Waals surface area contributed by atoms with Crippen molar-refractivity contribution in [2.45, 2.75) is 35.4 Å². The molecule has 0 saturated heterocycles. The summed E-state index contributed by atoms with van der Waals surface area (Å²) in [6.45, 7) is 0. The van der Waals surface area contributed by atoms with Gasteiger partial charge in [0.25, 0.3) is 0 Å². The van der Waals surface area contributed by atoms with Gasteiger partial charge >= 0.3 is 5.51 Å². The Morgan fingerprint density at radius 3 is 1.73 bits per heavy atom. The first-order valence-corrected chi connectivity index (χ1v) is 11.2. The monoisotopic (exact) mass is 477 g/mol. The van der Waals surface area contributed by atoms with E-state index in [9.17, 15) is 47.6 Å². The normalized spacial score (nSPS) is 28.0. The second-order valence-electron chi connectivity index (χ2n) is 6.59. The molecule has 4 atom stereocenters. The summed E-state index contributed by atoms with van der Waals surface area (Å²) in [6.07, 6.45) is -13.4. The highest BCUT2D eigenvalue weighted by Crippen LogP contribution is 2.45. The first-order chi connectivity index (χ1) is 13.7. The van der Waals surface area contributed by atoms with Gasteiger partial charge in [0.15, 0.2) is 34.5 Å². The minimum absolute atomic E-state index is 0.117. The topological polar surface area (TPSA) is 68.3 Å². The predicted octanol–water partition coefficient (Wildman–Crippen LogP) is 3.76. The van der Waals surface area contributed by atoms with Crippen molar-refractivity contribution in [1.82, 2.24) is 0 Å². The molecule has 0 spiro atoms. The van der Waals surface area contributed by atoms with Crippen LogP contribution in [0.5, 0.6) is 0 Å². The van der Waals surface area contributed by atoms with Gasteiger partial charge in [0.1, 0.15) is 5.25 Å². The molecule has 0 amide bonds. The molecule has 1 fully saturated rings. The minimum Gasteiger partial charge on any atom is -0.243 e. The Bertz CT molecular complexity index is 1150. The molecule has 3 rings (SSSR count). The van der Waals surface area contributed by atoms with E-state index in [4.69, 9.17) is 0 Å². The van der Waals surface area contributed by atoms with Crippen LogP contribution in [0.25, 0.3) is 10.8 Å². The van der Waals surface area contributed by atoms with Crippen LogP contribution in [0, 0.1) is 4.58 Å². The fourth-order valence-corrected chi connectivity index (χ4v) is 7.42. The van der Waals surface area contributed by atoms with E-state index in [0.717, 1.165) is 12.1 Å². The van der Waals surface area contributed by atoms with Gasteiger partial charge in [-0.2, -0.15) is 30.9 Å². The van der Waals surface area contributed by atoms with Crippen molar-refractivity contribution in [3.63, 3.8) is 0 Å². The number of hydrogen-bond acceptors (Lipinski definition) is 4. The Hall–Kier alpha value is -2.02. The summed E-state index contributed by atoms with van der Waals surface area (Å²) in [5.41, 5.74) is -7.20. The summed E-state index contributed by atoms with van der Waals surface area (Å²) in [6, 6.07) is 8.33. The van der Waals surface area contributed by atoms with E-state index >= 15 is 0 Å². The molecule has 13 heteroatoms. The second-order valence-corrected chi connectivity index (χ2v) is 10.8. The van der Waals surface area contributed by atoms with E-state index in [0.29, 0.717) is 11.5 Å². The van der Waals surface area contributed by atoms with Gasteiger partial charge in [-0.1, -0.05) is 29.7 Å². The third kappa shape index (κ3) is 3.41. The summed E-state index contributed by atoms with van der Waals surface area (Å²) in [5, 5.41) is -2.80. The van der Waals surface area contributed by atoms with E-state index in [1.165, 1.54) is 18.2 Å². The lowest BCUT2D eigenvalue weighted by Crippen LogP contribution is -2.44. The molecule has 0 radical (unpaired) electrons. The minimum atomic E-state index is -6.69. The molecule has 0 N–H and O–H groups in total. The molecule has 1 saturated carbocycles. The molecule has 1 aliphatic rings. The van der Waals surface area contributed by atoms with E-state index in [1.54, 1.807) is 6.07 Å². The van der Waals surface area contributed by atoms with Gasteiger partial charge in [-0.3, -0.25) is 0 Å². The largest absolute Gasteiger partial charge is 0.491 e. The molecule has 30 heavy (non-hydrogen) atoms. The maximum Gasteiger partial charge on any atom is 0.491 e. The van der Waals surface area contributed by atoms with Crippen molar-refractivity contribution in [3.05, 3.63) is 52.6 Å². The zero-order chi connectivity index (χ0) is 22.6. The third-order valence-corrected chi connectivity index (χ3v) is 9.37. The van der Waals surface area contributed by atoms with Crippen molar-refractivity contribution in [2.24, 2.45) is 0 Å². The van der Waals surface area contributed by atoms with Crippen LogP contribution in [-0.2, 0) is 19.7 Å². The van der Waals surface area contributed by atoms with Crippen molar-refractivity contribution < 1.29 is 47.6 Å². The maximum absolute atomic E-state index is 14.1. The summed E-state index contributed by atoms with van der Waals surface area (Å²) in [7, 11) is -12.7. The molecule has 0 aliphatic heterocycles. The van der Waals surface area contributed by atoms with Crippen molar-refractivity contribution in [2.75, 3.05) is 0 Å². The fraction of sp³-hybridized carbons (Fsp3) is 0.353. The standard InChI is InChI=1S/C17H12F7O4S2/c18-11-12(19)14(21)15(13(11)20)29(25,26)16(30(27,28)17(22,23)24)10-6-5-8-3-1-2-4-9(8)7-10/h1-7,11-15H/q-1. The predicted molar refractivity (Wildman–Crippen MR) is 93.6 cm³/mol. The van der Waals surface area contributed by atoms with Crippen molar-refractivity contribution in [3.8, 4) is 0 Å². The van der Waals surface area contributed by atoms with Crippen LogP contribution in [0.2, 0.25) is 0 Å². The Morgan fingerprint density at radius 1 is 0.733 bits per heavy atom. The summed E-state index contributed by atoms with van der Waals surface area (Å²) >= 11 is 0. The van der Waals surface area contributed by atoms with Crippen molar-refractivity contribution >= 4 is 30.4 Å². The molecule has 0 aromatic heterocycles. The number of hydrogen-bond donors (Lipinski definition) is 0. The first-order valence-electron chi connectivity index (χ1n) is 8.19. The van der Waals surface area contributed by atoms with E-state index in [-0.39, 0.29) is 5.39 Å². The molecule has 2 aromatic rings. The van der Waals surface area contributed by atoms with Gasteiger partial charge in [-0.05, 0) is 5.39 Å². The Morgan fingerprint density at radius 2 is 1.23 bits per heavy atom. The summed E-state index contributed by atoms with van der Waals surface area (Å²) < 4.78 is 142. The van der Waals surface area contributed by atoms with Gasteiger partial charge in [0, 0.05) is 0 Å². The third-order valence-electron chi connectivity index (χ3n) is 4.69. The lowest BCUT2D eigenvalue weighted by Gasteiger charge is -2.30. The highest BCUT2D eigenvalue weighted by Gasteiger charge is 2.62. The van der Waals surface area contributed by atoms with E-state index < -0.39 is 65.3 Å². The number of rotatable bonds is 4. The first kappa shape index (κ1) is 22.7. The Balaban J connectivity index is 2.27. The van der Waals surface area contributed by atoms with Gasteiger partial charge in [0.2, 0.25) is 9.84 Å². The van der Waals surface area contributed by atoms with Crippen LogP contribution in [0.15, 0.2) is 42.5 Å². The van der Waals surface area contributed by atoms with Gasteiger partial charge in [-0.15, -0.1) is 6.07 Å². The quantitative estimate of drug-likeness (QED) is 0.497. The Kier molecular flexibility index (Phi) is 5.51. The van der Waals surface area contributed by atoms with Gasteiger partial charge < -0.3 is 0 Å². The van der Waals surface area contributed by atoms with Crippen LogP contribution in [0.3, 0.4) is 0 Å². The molecule has 4 unspecified atom stereocenters. The zero-order valence-electron chi connectivity index (χ0n) is 14.5. The average Bonchev–Trinajstić information content (AvgIpc) is 2.83. The summed E-state index contributed by atoms with van der Waals surface area (Å²) in [4.78, 5) is 0. The van der Waals surface area contributed by atoms with Crippen LogP contribution in [-0.4, -0.2) is 52.3 Å². The van der Waals surface area contributed by atoms with E-state index in [2.05, 4.69) is 0 Å². The maximum atomic E-state index is 14.1. The molecule has 4 nitrogen and oxygen atoms in total. The molecule has 166 valence electrons. The average molecular weight is 477 g/mol. The van der Waals surface area contributed by atoms with Crippen LogP contribution >= 0.6 is 0 Å². The van der Waals surface area contributed by atoms with Gasteiger partial charge in [-0.25, -0.2) is 34.4 Å². The lowest BCUT2D eigenvalue weighted by atomic mass is 10.1.